The van der Waals surface area contributed by atoms with Crippen molar-refractivity contribution in [3.8, 4) is 11.5 Å². The lowest BCUT2D eigenvalue weighted by Crippen LogP contribution is -2.25. The molecule has 0 aliphatic carbocycles. The molecule has 2 aromatic rings. The van der Waals surface area contributed by atoms with Crippen molar-refractivity contribution in [3.63, 3.8) is 0 Å². The Balaban J connectivity index is 0.000000260. The van der Waals surface area contributed by atoms with E-state index in [1.165, 1.54) is 6.08 Å². The quantitative estimate of drug-likeness (QED) is 0.574. The van der Waals surface area contributed by atoms with Gasteiger partial charge in [0.25, 0.3) is 0 Å². The molecule has 2 rings (SSSR count). The van der Waals surface area contributed by atoms with Crippen LogP contribution in [0.1, 0.15) is 20.3 Å². The summed E-state index contributed by atoms with van der Waals surface area (Å²) in [6.07, 6.45) is 1.13. The highest BCUT2D eigenvalue weighted by Gasteiger charge is 2.15. The van der Waals surface area contributed by atoms with Crippen LogP contribution >= 0.6 is 0 Å². The fourth-order valence-corrected chi connectivity index (χ4v) is 1.81. The maximum absolute atomic E-state index is 10.6. The largest absolute Gasteiger partial charge is 0.479 e. The SMILES string of the molecule is C/C=C(\Oc1ccccc1)C(=O)O.CCC(Oc1ccccc1)C(=O)O. The van der Waals surface area contributed by atoms with Gasteiger partial charge in [-0.05, 0) is 43.7 Å². The average molecular weight is 358 g/mol. The standard InChI is InChI=1S/C10H12O3.C10H10O3/c2*1-2-9(10(11)12)13-8-6-4-3-5-7-8/h3-7,9H,2H2,1H3,(H,11,12);2-7H,1H3,(H,11,12)/b;9-2-. The number of aliphatic carboxylic acids is 2. The van der Waals surface area contributed by atoms with Gasteiger partial charge in [-0.2, -0.15) is 0 Å². The van der Waals surface area contributed by atoms with Gasteiger partial charge in [-0.15, -0.1) is 0 Å². The Labute approximate surface area is 152 Å². The molecule has 0 aromatic heterocycles. The van der Waals surface area contributed by atoms with Crippen molar-refractivity contribution >= 4 is 11.9 Å². The molecular weight excluding hydrogens is 336 g/mol. The van der Waals surface area contributed by atoms with Crippen LogP contribution in [0.5, 0.6) is 11.5 Å². The van der Waals surface area contributed by atoms with Gasteiger partial charge in [0.05, 0.1) is 0 Å². The zero-order valence-corrected chi connectivity index (χ0v) is 14.7. The number of carbonyl (C=O) groups is 2. The molecular formula is C20H22O6. The summed E-state index contributed by atoms with van der Waals surface area (Å²) in [4.78, 5) is 21.2. The van der Waals surface area contributed by atoms with E-state index in [2.05, 4.69) is 0 Å². The summed E-state index contributed by atoms with van der Waals surface area (Å²) in [5, 5.41) is 17.4. The summed E-state index contributed by atoms with van der Waals surface area (Å²) in [6, 6.07) is 17.8. The van der Waals surface area contributed by atoms with Gasteiger partial charge >= 0.3 is 11.9 Å². The summed E-state index contributed by atoms with van der Waals surface area (Å²) >= 11 is 0. The molecule has 0 aliphatic heterocycles. The number of carboxylic acids is 2. The smallest absolute Gasteiger partial charge is 0.371 e. The predicted molar refractivity (Wildman–Crippen MR) is 97.2 cm³/mol. The molecule has 2 N–H and O–H groups in total. The van der Waals surface area contributed by atoms with Gasteiger partial charge in [0, 0.05) is 0 Å². The minimum atomic E-state index is -1.06. The van der Waals surface area contributed by atoms with Crippen LogP contribution in [0.25, 0.3) is 0 Å². The first-order valence-corrected chi connectivity index (χ1v) is 8.04. The summed E-state index contributed by atoms with van der Waals surface area (Å²) in [6.45, 7) is 3.40. The van der Waals surface area contributed by atoms with Gasteiger partial charge in [0.2, 0.25) is 5.76 Å². The van der Waals surface area contributed by atoms with Gasteiger partial charge in [0.15, 0.2) is 6.10 Å². The molecule has 0 fully saturated rings. The van der Waals surface area contributed by atoms with E-state index in [-0.39, 0.29) is 5.76 Å². The van der Waals surface area contributed by atoms with E-state index in [0.717, 1.165) is 0 Å². The van der Waals surface area contributed by atoms with Crippen LogP contribution in [0.3, 0.4) is 0 Å². The number of hydrogen-bond donors (Lipinski definition) is 2. The Morgan fingerprint density at radius 1 is 0.962 bits per heavy atom. The number of hydrogen-bond acceptors (Lipinski definition) is 4. The molecule has 0 spiro atoms. The molecule has 6 heteroatoms. The maximum atomic E-state index is 10.6. The van der Waals surface area contributed by atoms with Crippen LogP contribution in [0.15, 0.2) is 72.5 Å². The monoisotopic (exact) mass is 358 g/mol. The third-order valence-corrected chi connectivity index (χ3v) is 3.11. The Morgan fingerprint density at radius 2 is 1.46 bits per heavy atom. The zero-order valence-electron chi connectivity index (χ0n) is 14.7. The molecule has 0 radical (unpaired) electrons. The van der Waals surface area contributed by atoms with Crippen molar-refractivity contribution in [2.24, 2.45) is 0 Å². The normalized spacial score (nSPS) is 11.5. The summed E-state index contributed by atoms with van der Waals surface area (Å²) < 4.78 is 10.3. The van der Waals surface area contributed by atoms with Crippen molar-refractivity contribution in [2.45, 2.75) is 26.4 Å². The fraction of sp³-hybridized carbons (Fsp3) is 0.200. The van der Waals surface area contributed by atoms with Crippen molar-refractivity contribution in [3.05, 3.63) is 72.5 Å². The second kappa shape index (κ2) is 11.3. The summed E-state index contributed by atoms with van der Waals surface area (Å²) in [5.74, 6) is -0.932. The van der Waals surface area contributed by atoms with Crippen molar-refractivity contribution in [2.75, 3.05) is 0 Å². The Kier molecular flexibility index (Phi) is 9.03. The van der Waals surface area contributed by atoms with Gasteiger partial charge in [-0.25, -0.2) is 9.59 Å². The van der Waals surface area contributed by atoms with E-state index in [4.69, 9.17) is 19.7 Å². The number of para-hydroxylation sites is 2. The Morgan fingerprint density at radius 3 is 1.85 bits per heavy atom. The minimum absolute atomic E-state index is 0.0637. The lowest BCUT2D eigenvalue weighted by atomic mass is 10.3. The van der Waals surface area contributed by atoms with Crippen LogP contribution in [-0.4, -0.2) is 28.3 Å². The lowest BCUT2D eigenvalue weighted by Gasteiger charge is -2.12. The van der Waals surface area contributed by atoms with Crippen LogP contribution in [-0.2, 0) is 9.59 Å². The maximum Gasteiger partial charge on any atom is 0.371 e. The number of ether oxygens (including phenoxy) is 2. The van der Waals surface area contributed by atoms with Crippen molar-refractivity contribution in [1.82, 2.24) is 0 Å². The molecule has 0 heterocycles. The average Bonchev–Trinajstić information content (AvgIpc) is 2.66. The topological polar surface area (TPSA) is 93.1 Å². The fourth-order valence-electron chi connectivity index (χ4n) is 1.81. The first-order valence-electron chi connectivity index (χ1n) is 8.04. The van der Waals surface area contributed by atoms with E-state index in [1.54, 1.807) is 50.2 Å². The molecule has 2 aromatic carbocycles. The van der Waals surface area contributed by atoms with Crippen molar-refractivity contribution in [1.29, 1.82) is 0 Å². The molecule has 26 heavy (non-hydrogen) atoms. The van der Waals surface area contributed by atoms with Gasteiger partial charge in [-0.3, -0.25) is 0 Å². The molecule has 1 unspecified atom stereocenters. The molecule has 138 valence electrons. The van der Waals surface area contributed by atoms with E-state index in [9.17, 15) is 9.59 Å². The molecule has 1 atom stereocenters. The number of allylic oxidation sites excluding steroid dienone is 1. The third kappa shape index (κ3) is 7.53. The number of rotatable bonds is 7. The van der Waals surface area contributed by atoms with Crippen LogP contribution in [0.4, 0.5) is 0 Å². The highest BCUT2D eigenvalue weighted by Crippen LogP contribution is 2.13. The van der Waals surface area contributed by atoms with Crippen LogP contribution < -0.4 is 9.47 Å². The molecule has 0 saturated carbocycles. The second-order valence-electron chi connectivity index (χ2n) is 5.04. The van der Waals surface area contributed by atoms with Crippen LogP contribution in [0, 0.1) is 0 Å². The first kappa shape index (κ1) is 20.8. The van der Waals surface area contributed by atoms with E-state index >= 15 is 0 Å². The van der Waals surface area contributed by atoms with Crippen molar-refractivity contribution < 1.29 is 29.3 Å². The van der Waals surface area contributed by atoms with E-state index < -0.39 is 18.0 Å². The molecule has 0 bridgehead atoms. The molecule has 0 saturated heterocycles. The second-order valence-corrected chi connectivity index (χ2v) is 5.04. The summed E-state index contributed by atoms with van der Waals surface area (Å²) in [5.41, 5.74) is 0. The first-order chi connectivity index (χ1) is 12.5. The number of carboxylic acid groups (broad SMARTS) is 2. The van der Waals surface area contributed by atoms with Gasteiger partial charge in [0.1, 0.15) is 11.5 Å². The summed E-state index contributed by atoms with van der Waals surface area (Å²) in [7, 11) is 0. The van der Waals surface area contributed by atoms with E-state index in [1.807, 2.05) is 24.3 Å². The Bertz CT molecular complexity index is 710. The Hall–Kier alpha value is -3.28. The van der Waals surface area contributed by atoms with Crippen LogP contribution in [0.2, 0.25) is 0 Å². The number of benzene rings is 2. The predicted octanol–water partition coefficient (Wildman–Crippen LogP) is 3.98. The van der Waals surface area contributed by atoms with E-state index in [0.29, 0.717) is 17.9 Å². The van der Waals surface area contributed by atoms with Gasteiger partial charge in [-0.1, -0.05) is 43.3 Å². The minimum Gasteiger partial charge on any atom is -0.479 e. The molecule has 0 aliphatic rings. The molecule has 0 amide bonds. The third-order valence-electron chi connectivity index (χ3n) is 3.11. The lowest BCUT2D eigenvalue weighted by molar-refractivity contribution is -0.145. The highest BCUT2D eigenvalue weighted by molar-refractivity contribution is 5.84. The molecule has 6 nitrogen and oxygen atoms in total. The zero-order chi connectivity index (χ0) is 19.4. The highest BCUT2D eigenvalue weighted by atomic mass is 16.5. The van der Waals surface area contributed by atoms with Gasteiger partial charge < -0.3 is 19.7 Å².